The van der Waals surface area contributed by atoms with Crippen LogP contribution in [0.3, 0.4) is 0 Å². The van der Waals surface area contributed by atoms with Crippen molar-refractivity contribution in [1.82, 2.24) is 9.97 Å². The molecule has 0 bridgehead atoms. The topological polar surface area (TPSA) is 49.2 Å². The van der Waals surface area contributed by atoms with Crippen LogP contribution in [0.15, 0.2) is 6.07 Å². The quantitative estimate of drug-likeness (QED) is 0.808. The molecule has 2 heterocycles. The van der Waals surface area contributed by atoms with E-state index in [4.69, 9.17) is 11.6 Å². The molecule has 0 aromatic carbocycles. The molecule has 1 aromatic heterocycles. The van der Waals surface area contributed by atoms with Crippen molar-refractivity contribution in [2.45, 2.75) is 25.6 Å². The third-order valence-corrected chi connectivity index (χ3v) is 3.39. The Balaban J connectivity index is 2.28. The molecule has 4 nitrogen and oxygen atoms in total. The number of aliphatic hydroxyl groups is 1. The Morgan fingerprint density at radius 2 is 2.11 bits per heavy atom. The van der Waals surface area contributed by atoms with Crippen molar-refractivity contribution in [3.8, 4) is 0 Å². The molecule has 106 valence electrons. The summed E-state index contributed by atoms with van der Waals surface area (Å²) in [4.78, 5) is 8.56. The largest absolute Gasteiger partial charge is 0.433 e. The van der Waals surface area contributed by atoms with Crippen LogP contribution in [0.25, 0.3) is 0 Å². The van der Waals surface area contributed by atoms with Gasteiger partial charge in [-0.1, -0.05) is 6.92 Å². The first kappa shape index (κ1) is 14.3. The summed E-state index contributed by atoms with van der Waals surface area (Å²) in [5, 5.41) is 9.32. The molecule has 0 radical (unpaired) electrons. The summed E-state index contributed by atoms with van der Waals surface area (Å²) in [7, 11) is 0. The van der Waals surface area contributed by atoms with Crippen molar-refractivity contribution in [3.63, 3.8) is 0 Å². The number of β-amino-alcohol motifs (C(OH)–C–C–N with tert-alkyl or cyclic N) is 1. The fourth-order valence-electron chi connectivity index (χ4n) is 1.97. The molecule has 1 aromatic rings. The lowest BCUT2D eigenvalue weighted by Crippen LogP contribution is -2.43. The van der Waals surface area contributed by atoms with E-state index in [9.17, 15) is 18.3 Å². The Morgan fingerprint density at radius 1 is 1.42 bits per heavy atom. The van der Waals surface area contributed by atoms with Crippen LogP contribution in [-0.2, 0) is 6.18 Å². The highest BCUT2D eigenvalue weighted by atomic mass is 35.5. The van der Waals surface area contributed by atoms with Crippen LogP contribution < -0.4 is 4.90 Å². The number of rotatable bonds is 1. The molecule has 1 N–H and O–H groups in total. The zero-order valence-corrected chi connectivity index (χ0v) is 10.9. The van der Waals surface area contributed by atoms with Crippen LogP contribution in [0.2, 0.25) is 5.28 Å². The number of nitrogens with zero attached hydrogens (tertiary/aromatic N) is 3. The predicted molar refractivity (Wildman–Crippen MR) is 64.0 cm³/mol. The molecule has 1 saturated heterocycles. The second kappa shape index (κ2) is 5.13. The van der Waals surface area contributed by atoms with Gasteiger partial charge in [-0.2, -0.15) is 13.2 Å². The molecular weight excluding hydrogens is 283 g/mol. The third-order valence-electron chi connectivity index (χ3n) is 3.22. The van der Waals surface area contributed by atoms with Crippen LogP contribution in [0.4, 0.5) is 19.0 Å². The van der Waals surface area contributed by atoms with Crippen molar-refractivity contribution in [2.24, 2.45) is 5.92 Å². The van der Waals surface area contributed by atoms with Gasteiger partial charge >= 0.3 is 6.18 Å². The SMILES string of the molecule is CC1CCN(c2cc(C(F)(F)F)nc(Cl)n2)CC1O. The maximum Gasteiger partial charge on any atom is 0.433 e. The van der Waals surface area contributed by atoms with Gasteiger partial charge in [-0.25, -0.2) is 9.97 Å². The van der Waals surface area contributed by atoms with Crippen LogP contribution in [0.5, 0.6) is 0 Å². The molecule has 0 spiro atoms. The van der Waals surface area contributed by atoms with Gasteiger partial charge in [0.15, 0.2) is 5.69 Å². The standard InChI is InChI=1S/C11H13ClF3N3O/c1-6-2-3-18(5-7(6)19)9-4-8(11(13,14)15)16-10(12)17-9/h4,6-7,19H,2-3,5H2,1H3. The number of halogens is 4. The van der Waals surface area contributed by atoms with Gasteiger partial charge in [-0.05, 0) is 23.9 Å². The van der Waals surface area contributed by atoms with E-state index < -0.39 is 23.3 Å². The normalized spacial score (nSPS) is 24.6. The summed E-state index contributed by atoms with van der Waals surface area (Å²) in [6, 6.07) is 0.856. The van der Waals surface area contributed by atoms with Crippen molar-refractivity contribution < 1.29 is 18.3 Å². The van der Waals surface area contributed by atoms with Crippen LogP contribution in [-0.4, -0.2) is 34.3 Å². The van der Waals surface area contributed by atoms with Gasteiger partial charge < -0.3 is 10.0 Å². The van der Waals surface area contributed by atoms with E-state index in [0.717, 1.165) is 6.07 Å². The number of hydrogen-bond acceptors (Lipinski definition) is 4. The third kappa shape index (κ3) is 3.27. The highest BCUT2D eigenvalue weighted by Crippen LogP contribution is 2.31. The Labute approximate surface area is 113 Å². The van der Waals surface area contributed by atoms with Gasteiger partial charge in [0.2, 0.25) is 5.28 Å². The summed E-state index contributed by atoms with van der Waals surface area (Å²) < 4.78 is 37.9. The zero-order valence-electron chi connectivity index (χ0n) is 10.2. The van der Waals surface area contributed by atoms with Crippen LogP contribution >= 0.6 is 11.6 Å². The highest BCUT2D eigenvalue weighted by molar-refractivity contribution is 6.28. The van der Waals surface area contributed by atoms with Gasteiger partial charge in [0.25, 0.3) is 0 Å². The second-order valence-electron chi connectivity index (χ2n) is 4.66. The summed E-state index contributed by atoms with van der Waals surface area (Å²) >= 11 is 5.53. The number of aliphatic hydroxyl groups excluding tert-OH is 1. The van der Waals surface area contributed by atoms with Crippen LogP contribution in [0, 0.1) is 5.92 Å². The lowest BCUT2D eigenvalue weighted by atomic mass is 9.96. The lowest BCUT2D eigenvalue weighted by Gasteiger charge is -2.35. The second-order valence-corrected chi connectivity index (χ2v) is 5.00. The van der Waals surface area contributed by atoms with Crippen molar-refractivity contribution in [2.75, 3.05) is 18.0 Å². The van der Waals surface area contributed by atoms with Gasteiger partial charge in [0.05, 0.1) is 6.10 Å². The van der Waals surface area contributed by atoms with Gasteiger partial charge in [-0.15, -0.1) is 0 Å². The minimum atomic E-state index is -4.57. The first-order valence-corrected chi connectivity index (χ1v) is 6.20. The molecule has 0 amide bonds. The van der Waals surface area contributed by atoms with Crippen LogP contribution in [0.1, 0.15) is 19.0 Å². The molecule has 0 saturated carbocycles. The molecule has 1 aliphatic heterocycles. The fourth-order valence-corrected chi connectivity index (χ4v) is 2.15. The lowest BCUT2D eigenvalue weighted by molar-refractivity contribution is -0.141. The monoisotopic (exact) mass is 295 g/mol. The molecular formula is C11H13ClF3N3O. The fraction of sp³-hybridized carbons (Fsp3) is 0.636. The Morgan fingerprint density at radius 3 is 2.68 bits per heavy atom. The van der Waals surface area contributed by atoms with E-state index in [1.807, 2.05) is 6.92 Å². The minimum Gasteiger partial charge on any atom is -0.391 e. The van der Waals surface area contributed by atoms with Crippen molar-refractivity contribution in [3.05, 3.63) is 17.0 Å². The van der Waals surface area contributed by atoms with Crippen molar-refractivity contribution in [1.29, 1.82) is 0 Å². The highest BCUT2D eigenvalue weighted by Gasteiger charge is 2.35. The average molecular weight is 296 g/mol. The molecule has 2 unspecified atom stereocenters. The number of alkyl halides is 3. The summed E-state index contributed by atoms with van der Waals surface area (Å²) in [6.45, 7) is 2.67. The molecule has 2 rings (SSSR count). The van der Waals surface area contributed by atoms with E-state index in [1.54, 1.807) is 4.90 Å². The molecule has 2 atom stereocenters. The summed E-state index contributed by atoms with van der Waals surface area (Å²) in [6.07, 6.45) is -4.47. The Bertz CT molecular complexity index is 469. The van der Waals surface area contributed by atoms with E-state index >= 15 is 0 Å². The smallest absolute Gasteiger partial charge is 0.391 e. The van der Waals surface area contributed by atoms with E-state index in [1.165, 1.54) is 0 Å². The number of hydrogen-bond donors (Lipinski definition) is 1. The zero-order chi connectivity index (χ0) is 14.2. The van der Waals surface area contributed by atoms with Crippen molar-refractivity contribution >= 4 is 17.4 Å². The number of aromatic nitrogens is 2. The molecule has 19 heavy (non-hydrogen) atoms. The number of anilines is 1. The maximum absolute atomic E-state index is 12.6. The molecule has 1 aliphatic rings. The van der Waals surface area contributed by atoms with E-state index in [0.29, 0.717) is 13.0 Å². The molecule has 8 heteroatoms. The summed E-state index contributed by atoms with van der Waals surface area (Å²) in [5.41, 5.74) is -1.07. The minimum absolute atomic E-state index is 0.0956. The first-order valence-electron chi connectivity index (χ1n) is 5.82. The first-order chi connectivity index (χ1) is 8.77. The van der Waals surface area contributed by atoms with Gasteiger partial charge in [0, 0.05) is 19.2 Å². The van der Waals surface area contributed by atoms with Gasteiger partial charge in [-0.3, -0.25) is 0 Å². The predicted octanol–water partition coefficient (Wildman–Crippen LogP) is 2.36. The molecule has 1 fully saturated rings. The van der Waals surface area contributed by atoms with E-state index in [2.05, 4.69) is 9.97 Å². The van der Waals surface area contributed by atoms with Gasteiger partial charge in [0.1, 0.15) is 5.82 Å². The Hall–Kier alpha value is -1.08. The molecule has 0 aliphatic carbocycles. The van der Waals surface area contributed by atoms with E-state index in [-0.39, 0.29) is 18.3 Å². The summed E-state index contributed by atoms with van der Waals surface area (Å²) in [5.74, 6) is 0.217. The average Bonchev–Trinajstić information content (AvgIpc) is 2.31. The number of piperidine rings is 1. The Kier molecular flexibility index (Phi) is 3.87. The maximum atomic E-state index is 12.6.